The summed E-state index contributed by atoms with van der Waals surface area (Å²) in [6.45, 7) is 6.17. The molecule has 0 aliphatic carbocycles. The smallest absolute Gasteiger partial charge is 0.239 e. The van der Waals surface area contributed by atoms with Gasteiger partial charge < -0.3 is 5.32 Å². The first-order valence-corrected chi connectivity index (χ1v) is 9.75. The maximum Gasteiger partial charge on any atom is 0.239 e. The van der Waals surface area contributed by atoms with Gasteiger partial charge in [0.2, 0.25) is 5.91 Å². The molecule has 3 heterocycles. The van der Waals surface area contributed by atoms with Crippen LogP contribution in [-0.4, -0.2) is 26.1 Å². The van der Waals surface area contributed by atoms with Gasteiger partial charge in [-0.15, -0.1) is 22.7 Å². The van der Waals surface area contributed by atoms with Crippen molar-refractivity contribution in [1.82, 2.24) is 15.0 Å². The fourth-order valence-electron chi connectivity index (χ4n) is 2.17. The highest BCUT2D eigenvalue weighted by Gasteiger charge is 2.22. The van der Waals surface area contributed by atoms with Crippen LogP contribution in [0.5, 0.6) is 0 Å². The van der Waals surface area contributed by atoms with Gasteiger partial charge >= 0.3 is 0 Å². The first-order chi connectivity index (χ1) is 11.1. The number of aromatic nitrogens is 3. The van der Waals surface area contributed by atoms with E-state index < -0.39 is 0 Å². The number of nitrogens with one attached hydrogen (secondary N) is 1. The second kappa shape index (κ2) is 6.94. The van der Waals surface area contributed by atoms with Crippen molar-refractivity contribution >= 4 is 55.7 Å². The maximum atomic E-state index is 12.5. The third-order valence-corrected chi connectivity index (χ3v) is 6.68. The molecular formula is C15H16N4OS3. The van der Waals surface area contributed by atoms with Gasteiger partial charge in [-0.3, -0.25) is 4.79 Å². The molecule has 3 aromatic heterocycles. The lowest BCUT2D eigenvalue weighted by atomic mass is 10.2. The summed E-state index contributed by atoms with van der Waals surface area (Å²) in [6.07, 6.45) is 3.97. The molecule has 1 amide bonds. The van der Waals surface area contributed by atoms with Gasteiger partial charge in [0, 0.05) is 21.8 Å². The fourth-order valence-corrected chi connectivity index (χ4v) is 4.84. The molecule has 8 heteroatoms. The highest BCUT2D eigenvalue weighted by molar-refractivity contribution is 8.00. The average Bonchev–Trinajstić information content (AvgIpc) is 3.14. The number of amides is 1. The minimum Gasteiger partial charge on any atom is -0.301 e. The summed E-state index contributed by atoms with van der Waals surface area (Å²) in [5, 5.41) is 7.07. The molecule has 0 spiro atoms. The number of hydrogen-bond donors (Lipinski definition) is 1. The summed E-state index contributed by atoms with van der Waals surface area (Å²) in [6, 6.07) is 0. The summed E-state index contributed by atoms with van der Waals surface area (Å²) in [7, 11) is 0. The Morgan fingerprint density at radius 2 is 2.17 bits per heavy atom. The summed E-state index contributed by atoms with van der Waals surface area (Å²) < 4.78 is 0. The fraction of sp³-hybridized carbons (Fsp3) is 0.333. The Hall–Kier alpha value is -1.51. The molecule has 0 fully saturated rings. The van der Waals surface area contributed by atoms with Crippen molar-refractivity contribution in [3.8, 4) is 0 Å². The number of thiophene rings is 1. The topological polar surface area (TPSA) is 67.8 Å². The average molecular weight is 365 g/mol. The lowest BCUT2D eigenvalue weighted by Crippen LogP contribution is -2.24. The second-order valence-corrected chi connectivity index (χ2v) is 8.27. The molecule has 0 aliphatic heterocycles. The SMILES string of the molecule is CCC(Sc1ncnc2sc(C)c(C)c12)C(=O)Nc1nccs1. The normalized spacial score (nSPS) is 12.5. The monoisotopic (exact) mass is 364 g/mol. The van der Waals surface area contributed by atoms with Gasteiger partial charge in [-0.1, -0.05) is 18.7 Å². The number of nitrogens with zero attached hydrogens (tertiary/aromatic N) is 3. The number of thioether (sulfide) groups is 1. The van der Waals surface area contributed by atoms with E-state index in [1.807, 2.05) is 12.3 Å². The van der Waals surface area contributed by atoms with Crippen molar-refractivity contribution < 1.29 is 4.79 Å². The van der Waals surface area contributed by atoms with Crippen molar-refractivity contribution in [3.63, 3.8) is 0 Å². The summed E-state index contributed by atoms with van der Waals surface area (Å²) >= 11 is 4.58. The van der Waals surface area contributed by atoms with E-state index >= 15 is 0 Å². The van der Waals surface area contributed by atoms with Crippen molar-refractivity contribution in [2.45, 2.75) is 37.5 Å². The van der Waals surface area contributed by atoms with Crippen LogP contribution in [0.2, 0.25) is 0 Å². The minimum atomic E-state index is -0.211. The van der Waals surface area contributed by atoms with Gasteiger partial charge in [-0.25, -0.2) is 15.0 Å². The molecule has 0 saturated heterocycles. The zero-order valence-corrected chi connectivity index (χ0v) is 15.4. The zero-order valence-electron chi connectivity index (χ0n) is 13.0. The third kappa shape index (κ3) is 3.39. The van der Waals surface area contributed by atoms with Crippen LogP contribution in [0, 0.1) is 13.8 Å². The van der Waals surface area contributed by atoms with Crippen molar-refractivity contribution in [2.24, 2.45) is 0 Å². The lowest BCUT2D eigenvalue weighted by molar-refractivity contribution is -0.115. The summed E-state index contributed by atoms with van der Waals surface area (Å²) in [5.41, 5.74) is 1.20. The van der Waals surface area contributed by atoms with E-state index in [1.165, 1.54) is 33.5 Å². The first-order valence-electron chi connectivity index (χ1n) is 7.17. The van der Waals surface area contributed by atoms with E-state index in [2.05, 4.69) is 34.1 Å². The Balaban J connectivity index is 1.85. The number of fused-ring (bicyclic) bond motifs is 1. The number of carbonyl (C=O) groups is 1. The molecule has 1 atom stereocenters. The third-order valence-electron chi connectivity index (χ3n) is 3.51. The molecule has 0 aliphatic rings. The van der Waals surface area contributed by atoms with E-state index in [-0.39, 0.29) is 11.2 Å². The van der Waals surface area contributed by atoms with Gasteiger partial charge in [0.25, 0.3) is 0 Å². The lowest BCUT2D eigenvalue weighted by Gasteiger charge is -2.13. The quantitative estimate of drug-likeness (QED) is 0.541. The van der Waals surface area contributed by atoms with Crippen molar-refractivity contribution in [1.29, 1.82) is 0 Å². The van der Waals surface area contributed by atoms with E-state index in [9.17, 15) is 4.79 Å². The highest BCUT2D eigenvalue weighted by atomic mass is 32.2. The van der Waals surface area contributed by atoms with Gasteiger partial charge in [-0.2, -0.15) is 0 Å². The minimum absolute atomic E-state index is 0.0381. The Morgan fingerprint density at radius 1 is 1.35 bits per heavy atom. The van der Waals surface area contributed by atoms with E-state index in [0.29, 0.717) is 5.13 Å². The molecule has 1 N–H and O–H groups in total. The molecule has 23 heavy (non-hydrogen) atoms. The first kappa shape index (κ1) is 16.4. The Kier molecular flexibility index (Phi) is 4.93. The maximum absolute atomic E-state index is 12.5. The molecule has 0 radical (unpaired) electrons. The molecule has 120 valence electrons. The number of thiazole rings is 1. The van der Waals surface area contributed by atoms with Crippen LogP contribution in [0.15, 0.2) is 22.9 Å². The van der Waals surface area contributed by atoms with E-state index in [4.69, 9.17) is 0 Å². The summed E-state index contributed by atoms with van der Waals surface area (Å²) in [4.78, 5) is 27.5. The largest absolute Gasteiger partial charge is 0.301 e. The molecule has 1 unspecified atom stereocenters. The Morgan fingerprint density at radius 3 is 2.87 bits per heavy atom. The summed E-state index contributed by atoms with van der Waals surface area (Å²) in [5.74, 6) is -0.0381. The van der Waals surface area contributed by atoms with Crippen LogP contribution in [0.1, 0.15) is 23.8 Å². The van der Waals surface area contributed by atoms with E-state index in [1.54, 1.807) is 23.9 Å². The number of anilines is 1. The van der Waals surface area contributed by atoms with Crippen molar-refractivity contribution in [3.05, 3.63) is 28.3 Å². The molecule has 3 aromatic rings. The Bertz CT molecular complexity index is 829. The number of hydrogen-bond acceptors (Lipinski definition) is 7. The highest BCUT2D eigenvalue weighted by Crippen LogP contribution is 2.36. The van der Waals surface area contributed by atoms with Crippen LogP contribution in [-0.2, 0) is 4.79 Å². The van der Waals surface area contributed by atoms with Crippen LogP contribution >= 0.6 is 34.4 Å². The Labute approximate surface area is 146 Å². The molecule has 3 rings (SSSR count). The molecule has 0 saturated carbocycles. The second-order valence-electron chi connectivity index (χ2n) is 4.98. The number of aryl methyl sites for hydroxylation is 2. The number of rotatable bonds is 5. The standard InChI is InChI=1S/C15H16N4OS3/c1-4-10(12(20)19-15-16-5-6-21-15)23-14-11-8(2)9(3)22-13(11)17-7-18-14/h5-7,10H,4H2,1-3H3,(H,16,19,20). The predicted molar refractivity (Wildman–Crippen MR) is 97.6 cm³/mol. The zero-order chi connectivity index (χ0) is 16.4. The van der Waals surface area contributed by atoms with Crippen LogP contribution in [0.4, 0.5) is 5.13 Å². The number of carbonyl (C=O) groups excluding carboxylic acids is 1. The molecule has 0 aromatic carbocycles. The van der Waals surface area contributed by atoms with Gasteiger partial charge in [-0.05, 0) is 25.8 Å². The molecule has 0 bridgehead atoms. The van der Waals surface area contributed by atoms with Gasteiger partial charge in [0.15, 0.2) is 5.13 Å². The van der Waals surface area contributed by atoms with Crippen molar-refractivity contribution in [2.75, 3.05) is 5.32 Å². The predicted octanol–water partition coefficient (Wildman–Crippen LogP) is 4.27. The van der Waals surface area contributed by atoms with Crippen LogP contribution in [0.3, 0.4) is 0 Å². The van der Waals surface area contributed by atoms with Gasteiger partial charge in [0.1, 0.15) is 16.2 Å². The van der Waals surface area contributed by atoms with Crippen LogP contribution < -0.4 is 5.32 Å². The van der Waals surface area contributed by atoms with Gasteiger partial charge in [0.05, 0.1) is 5.25 Å². The van der Waals surface area contributed by atoms with Crippen LogP contribution in [0.25, 0.3) is 10.2 Å². The molecular weight excluding hydrogens is 348 g/mol. The van der Waals surface area contributed by atoms with E-state index in [0.717, 1.165) is 21.7 Å². The molecule has 5 nitrogen and oxygen atoms in total.